The van der Waals surface area contributed by atoms with Gasteiger partial charge in [-0.25, -0.2) is 9.89 Å². The fourth-order valence-corrected chi connectivity index (χ4v) is 4.31. The maximum absolute atomic E-state index is 12.4. The van der Waals surface area contributed by atoms with Crippen molar-refractivity contribution >= 4 is 40.8 Å². The second kappa shape index (κ2) is 7.95. The molecule has 166 valence electrons. The van der Waals surface area contributed by atoms with Crippen LogP contribution in [0.3, 0.4) is 0 Å². The quantitative estimate of drug-likeness (QED) is 0.520. The van der Waals surface area contributed by atoms with E-state index in [-0.39, 0.29) is 50.4 Å². The summed E-state index contributed by atoms with van der Waals surface area (Å²) >= 11 is 12.8. The lowest BCUT2D eigenvalue weighted by molar-refractivity contribution is 0.248. The topological polar surface area (TPSA) is 126 Å². The van der Waals surface area contributed by atoms with Gasteiger partial charge in [0.05, 0.1) is 21.4 Å². The normalized spacial score (nSPS) is 17.1. The number of carbonyl (C=O) groups excluding carboxylic acids is 1. The number of benzene rings is 2. The standard InChI is InChI=1S/C22H16Cl2N6O3/c1-10-20(25)29-30(22(32)26-10)12-7-16(23)19(17(24)8-12)33-18-9-15(21(31)28-27-18)14-6-11-4-2-3-5-13(11)14/h2-5,7-9,14H,1,6H2,(H2,25,29)(H,26,32)(H,28,31). The van der Waals surface area contributed by atoms with Crippen molar-refractivity contribution in [3.63, 3.8) is 0 Å². The molecule has 11 heteroatoms. The summed E-state index contributed by atoms with van der Waals surface area (Å²) in [6.07, 6.45) is 0.757. The van der Waals surface area contributed by atoms with Gasteiger partial charge in [-0.05, 0) is 29.7 Å². The minimum atomic E-state index is -0.567. The molecule has 0 radical (unpaired) electrons. The van der Waals surface area contributed by atoms with Crippen LogP contribution in [-0.2, 0) is 6.42 Å². The first-order valence-electron chi connectivity index (χ1n) is 9.80. The summed E-state index contributed by atoms with van der Waals surface area (Å²) in [5.74, 6) is 0.240. The Hall–Kier alpha value is -3.82. The Bertz CT molecular complexity index is 1390. The van der Waals surface area contributed by atoms with Gasteiger partial charge in [0, 0.05) is 17.5 Å². The van der Waals surface area contributed by atoms with Crippen LogP contribution < -0.4 is 26.4 Å². The number of ether oxygens (including phenoxy) is 1. The summed E-state index contributed by atoms with van der Waals surface area (Å²) in [7, 11) is 0. The molecular formula is C22H16Cl2N6O3. The second-order valence-corrected chi connectivity index (χ2v) is 8.31. The van der Waals surface area contributed by atoms with Crippen LogP contribution in [0.5, 0.6) is 11.6 Å². The first-order valence-corrected chi connectivity index (χ1v) is 10.6. The van der Waals surface area contributed by atoms with Crippen LogP contribution in [0, 0.1) is 0 Å². The Balaban J connectivity index is 1.44. The Morgan fingerprint density at radius 1 is 1.12 bits per heavy atom. The van der Waals surface area contributed by atoms with Crippen molar-refractivity contribution in [2.24, 2.45) is 10.8 Å². The average Bonchev–Trinajstić information content (AvgIpc) is 2.76. The van der Waals surface area contributed by atoms with Gasteiger partial charge >= 0.3 is 6.03 Å². The monoisotopic (exact) mass is 482 g/mol. The van der Waals surface area contributed by atoms with E-state index in [2.05, 4.69) is 27.2 Å². The molecule has 33 heavy (non-hydrogen) atoms. The van der Waals surface area contributed by atoms with Gasteiger partial charge in [-0.2, -0.15) is 5.01 Å². The number of aromatic nitrogens is 2. The predicted octanol–water partition coefficient (Wildman–Crippen LogP) is 3.87. The number of hydrazone groups is 1. The van der Waals surface area contributed by atoms with Gasteiger partial charge in [-0.15, -0.1) is 10.2 Å². The van der Waals surface area contributed by atoms with Crippen LogP contribution in [0.25, 0.3) is 0 Å². The van der Waals surface area contributed by atoms with Crippen molar-refractivity contribution in [1.82, 2.24) is 15.5 Å². The Morgan fingerprint density at radius 3 is 2.58 bits per heavy atom. The number of urea groups is 1. The van der Waals surface area contributed by atoms with Gasteiger partial charge in [-0.3, -0.25) is 4.79 Å². The first-order chi connectivity index (χ1) is 15.8. The molecule has 0 saturated carbocycles. The smallest absolute Gasteiger partial charge is 0.347 e. The number of nitrogens with one attached hydrogen (secondary N) is 2. The molecule has 2 heterocycles. The minimum Gasteiger partial charge on any atom is -0.434 e. The highest BCUT2D eigenvalue weighted by Gasteiger charge is 2.30. The number of hydrogen-bond acceptors (Lipinski definition) is 6. The molecule has 1 atom stereocenters. The number of aromatic amines is 1. The van der Waals surface area contributed by atoms with Crippen LogP contribution in [0.2, 0.25) is 10.0 Å². The third-order valence-corrected chi connectivity index (χ3v) is 6.00. The van der Waals surface area contributed by atoms with E-state index in [4.69, 9.17) is 33.7 Å². The molecule has 1 aromatic heterocycles. The fraction of sp³-hybridized carbons (Fsp3) is 0.0909. The maximum Gasteiger partial charge on any atom is 0.347 e. The summed E-state index contributed by atoms with van der Waals surface area (Å²) in [5, 5.41) is 14.1. The van der Waals surface area contributed by atoms with Gasteiger partial charge in [0.1, 0.15) is 0 Å². The predicted molar refractivity (Wildman–Crippen MR) is 125 cm³/mol. The third kappa shape index (κ3) is 3.71. The fourth-order valence-electron chi connectivity index (χ4n) is 3.75. The molecule has 0 spiro atoms. The van der Waals surface area contributed by atoms with Gasteiger partial charge in [0.25, 0.3) is 5.56 Å². The maximum atomic E-state index is 12.4. The van der Waals surface area contributed by atoms with Crippen molar-refractivity contribution < 1.29 is 9.53 Å². The van der Waals surface area contributed by atoms with Gasteiger partial charge in [0.2, 0.25) is 5.88 Å². The van der Waals surface area contributed by atoms with Crippen LogP contribution in [-0.4, -0.2) is 22.1 Å². The van der Waals surface area contributed by atoms with Crippen molar-refractivity contribution in [3.05, 3.63) is 91.8 Å². The number of rotatable bonds is 4. The van der Waals surface area contributed by atoms with E-state index >= 15 is 0 Å². The zero-order valence-electron chi connectivity index (χ0n) is 16.9. The number of amides is 2. The highest BCUT2D eigenvalue weighted by atomic mass is 35.5. The molecule has 0 fully saturated rings. The van der Waals surface area contributed by atoms with Gasteiger partial charge < -0.3 is 15.8 Å². The zero-order chi connectivity index (χ0) is 23.3. The van der Waals surface area contributed by atoms with Gasteiger partial charge in [0.15, 0.2) is 11.6 Å². The molecule has 9 nitrogen and oxygen atoms in total. The number of fused-ring (bicyclic) bond motifs is 1. The van der Waals surface area contributed by atoms with Crippen molar-refractivity contribution in [2.45, 2.75) is 12.3 Å². The number of hydrogen-bond donors (Lipinski definition) is 3. The summed E-state index contributed by atoms with van der Waals surface area (Å²) in [4.78, 5) is 24.6. The number of H-pyrrole nitrogens is 1. The lowest BCUT2D eigenvalue weighted by Gasteiger charge is -2.29. The molecule has 1 aliphatic carbocycles. The molecule has 1 unspecified atom stereocenters. The van der Waals surface area contributed by atoms with E-state index < -0.39 is 6.03 Å². The zero-order valence-corrected chi connectivity index (χ0v) is 18.4. The molecule has 1 aliphatic heterocycles. The summed E-state index contributed by atoms with van der Waals surface area (Å²) in [5.41, 5.74) is 8.76. The summed E-state index contributed by atoms with van der Waals surface area (Å²) in [6, 6.07) is 11.8. The molecule has 2 aromatic carbocycles. The molecule has 5 rings (SSSR count). The molecule has 2 amide bonds. The largest absolute Gasteiger partial charge is 0.434 e. The number of carbonyl (C=O) groups is 1. The summed E-state index contributed by atoms with van der Waals surface area (Å²) < 4.78 is 5.81. The second-order valence-electron chi connectivity index (χ2n) is 7.49. The van der Waals surface area contributed by atoms with E-state index in [1.807, 2.05) is 24.3 Å². The number of nitrogens with two attached hydrogens (primary N) is 1. The number of halogens is 2. The Labute approximate surface area is 197 Å². The number of amidine groups is 1. The molecule has 2 aliphatic rings. The van der Waals surface area contributed by atoms with E-state index in [9.17, 15) is 9.59 Å². The van der Waals surface area contributed by atoms with Crippen molar-refractivity contribution in [3.8, 4) is 11.6 Å². The highest BCUT2D eigenvalue weighted by Crippen LogP contribution is 2.42. The molecule has 4 N–H and O–H groups in total. The van der Waals surface area contributed by atoms with Crippen LogP contribution in [0.4, 0.5) is 10.5 Å². The number of anilines is 1. The van der Waals surface area contributed by atoms with E-state index in [0.717, 1.165) is 17.0 Å². The van der Waals surface area contributed by atoms with E-state index in [1.165, 1.54) is 17.7 Å². The lowest BCUT2D eigenvalue weighted by atomic mass is 9.74. The molecule has 0 saturated heterocycles. The highest BCUT2D eigenvalue weighted by molar-refractivity contribution is 6.37. The number of nitrogens with zero attached hydrogens (tertiary/aromatic N) is 3. The van der Waals surface area contributed by atoms with Crippen LogP contribution in [0.1, 0.15) is 22.6 Å². The lowest BCUT2D eigenvalue weighted by Crippen LogP contribution is -2.45. The first kappa shape index (κ1) is 21.0. The van der Waals surface area contributed by atoms with E-state index in [0.29, 0.717) is 5.56 Å². The summed E-state index contributed by atoms with van der Waals surface area (Å²) in [6.45, 7) is 3.60. The van der Waals surface area contributed by atoms with Crippen LogP contribution in [0.15, 0.2) is 64.6 Å². The molecule has 0 bridgehead atoms. The van der Waals surface area contributed by atoms with Crippen molar-refractivity contribution in [2.75, 3.05) is 5.01 Å². The van der Waals surface area contributed by atoms with Crippen molar-refractivity contribution in [1.29, 1.82) is 0 Å². The molecular weight excluding hydrogens is 467 g/mol. The van der Waals surface area contributed by atoms with Crippen LogP contribution >= 0.6 is 23.2 Å². The average molecular weight is 483 g/mol. The SMILES string of the molecule is C=C1NC(=O)N(c2cc(Cl)c(Oc3cc(C4Cc5ccccc54)c(=O)[nH]n3)c(Cl)c2)N=C1N. The minimum absolute atomic E-state index is 0.0423. The van der Waals surface area contributed by atoms with Gasteiger partial charge in [-0.1, -0.05) is 54.0 Å². The Kier molecular flexibility index (Phi) is 5.07. The Morgan fingerprint density at radius 2 is 1.85 bits per heavy atom. The molecule has 3 aromatic rings. The third-order valence-electron chi connectivity index (χ3n) is 5.44. The van der Waals surface area contributed by atoms with E-state index in [1.54, 1.807) is 6.07 Å².